The van der Waals surface area contributed by atoms with Crippen LogP contribution < -0.4 is 5.73 Å². The number of nitrogens with one attached hydrogen (secondary N) is 1. The highest BCUT2D eigenvalue weighted by Crippen LogP contribution is 2.21. The summed E-state index contributed by atoms with van der Waals surface area (Å²) in [6.07, 6.45) is 3.65. The Morgan fingerprint density at radius 1 is 0.875 bits per heavy atom. The summed E-state index contributed by atoms with van der Waals surface area (Å²) in [5.41, 5.74) is 11.8. The standard InChI is InChI=1S/C20H18N4/c21-17-9-6-14(7-10-17)8-11-19-23-18-12-16(13-22-20(18)24-19)15-4-2-1-3-5-15/h1-7,9-10,12-13H,8,11,21H2,(H,22,23,24). The van der Waals surface area contributed by atoms with Crippen LogP contribution in [0.1, 0.15) is 11.4 Å². The number of pyridine rings is 1. The molecule has 0 aliphatic carbocycles. The molecule has 0 aliphatic heterocycles. The van der Waals surface area contributed by atoms with Crippen molar-refractivity contribution in [3.8, 4) is 11.1 Å². The number of imidazole rings is 1. The number of nitrogen functional groups attached to an aromatic ring is 1. The molecule has 4 nitrogen and oxygen atoms in total. The Morgan fingerprint density at radius 2 is 1.67 bits per heavy atom. The van der Waals surface area contributed by atoms with Gasteiger partial charge in [0.05, 0.1) is 5.52 Å². The number of rotatable bonds is 4. The summed E-state index contributed by atoms with van der Waals surface area (Å²) in [6.45, 7) is 0. The zero-order chi connectivity index (χ0) is 16.4. The smallest absolute Gasteiger partial charge is 0.177 e. The molecule has 0 amide bonds. The fourth-order valence-electron chi connectivity index (χ4n) is 2.80. The summed E-state index contributed by atoms with van der Waals surface area (Å²) in [7, 11) is 0. The fraction of sp³-hybridized carbons (Fsp3) is 0.100. The molecular formula is C20H18N4. The van der Waals surface area contributed by atoms with Gasteiger partial charge in [-0.1, -0.05) is 42.5 Å². The summed E-state index contributed by atoms with van der Waals surface area (Å²) in [5.74, 6) is 0.958. The van der Waals surface area contributed by atoms with Gasteiger partial charge in [-0.3, -0.25) is 0 Å². The maximum absolute atomic E-state index is 5.72. The number of aromatic nitrogens is 3. The van der Waals surface area contributed by atoms with Crippen molar-refractivity contribution in [3.05, 3.63) is 78.2 Å². The van der Waals surface area contributed by atoms with Gasteiger partial charge < -0.3 is 10.7 Å². The second kappa shape index (κ2) is 6.16. The van der Waals surface area contributed by atoms with Crippen molar-refractivity contribution in [2.45, 2.75) is 12.8 Å². The molecule has 0 saturated heterocycles. The van der Waals surface area contributed by atoms with Crippen LogP contribution in [0, 0.1) is 0 Å². The van der Waals surface area contributed by atoms with Crippen LogP contribution in [0.5, 0.6) is 0 Å². The number of anilines is 1. The van der Waals surface area contributed by atoms with Crippen LogP contribution in [0.15, 0.2) is 66.9 Å². The third-order valence-corrected chi connectivity index (χ3v) is 4.12. The van der Waals surface area contributed by atoms with Gasteiger partial charge in [-0.05, 0) is 35.7 Å². The SMILES string of the molecule is Nc1ccc(CCc2nc3ncc(-c4ccccc4)cc3[nH]2)cc1. The molecule has 118 valence electrons. The lowest BCUT2D eigenvalue weighted by Crippen LogP contribution is -1.94. The maximum atomic E-state index is 5.72. The van der Waals surface area contributed by atoms with E-state index < -0.39 is 0 Å². The van der Waals surface area contributed by atoms with E-state index in [2.05, 4.69) is 45.3 Å². The lowest BCUT2D eigenvalue weighted by Gasteiger charge is -2.00. The lowest BCUT2D eigenvalue weighted by molar-refractivity contribution is 0.889. The van der Waals surface area contributed by atoms with E-state index in [1.807, 2.05) is 36.5 Å². The molecule has 0 unspecified atom stereocenters. The molecular weight excluding hydrogens is 296 g/mol. The second-order valence-corrected chi connectivity index (χ2v) is 5.89. The van der Waals surface area contributed by atoms with Gasteiger partial charge >= 0.3 is 0 Å². The highest BCUT2D eigenvalue weighted by molar-refractivity contribution is 5.78. The van der Waals surface area contributed by atoms with Crippen LogP contribution >= 0.6 is 0 Å². The zero-order valence-corrected chi connectivity index (χ0v) is 13.2. The van der Waals surface area contributed by atoms with Gasteiger partial charge in [0.1, 0.15) is 5.82 Å². The summed E-state index contributed by atoms with van der Waals surface area (Å²) in [5, 5.41) is 0. The quantitative estimate of drug-likeness (QED) is 0.560. The molecule has 0 bridgehead atoms. The van der Waals surface area contributed by atoms with Crippen LogP contribution in [0.2, 0.25) is 0 Å². The van der Waals surface area contributed by atoms with Gasteiger partial charge in [-0.2, -0.15) is 0 Å². The minimum atomic E-state index is 0.766. The molecule has 4 rings (SSSR count). The van der Waals surface area contributed by atoms with Crippen molar-refractivity contribution < 1.29 is 0 Å². The minimum Gasteiger partial charge on any atom is -0.399 e. The molecule has 2 heterocycles. The van der Waals surface area contributed by atoms with Crippen molar-refractivity contribution in [3.63, 3.8) is 0 Å². The molecule has 4 heteroatoms. The van der Waals surface area contributed by atoms with Crippen LogP contribution in [0.4, 0.5) is 5.69 Å². The minimum absolute atomic E-state index is 0.766. The van der Waals surface area contributed by atoms with Crippen LogP contribution in [0.25, 0.3) is 22.3 Å². The molecule has 0 atom stereocenters. The highest BCUT2D eigenvalue weighted by atomic mass is 15.0. The van der Waals surface area contributed by atoms with E-state index in [1.165, 1.54) is 5.56 Å². The molecule has 0 spiro atoms. The number of aryl methyl sites for hydroxylation is 2. The summed E-state index contributed by atoms with van der Waals surface area (Å²) in [4.78, 5) is 12.5. The van der Waals surface area contributed by atoms with Crippen LogP contribution in [-0.4, -0.2) is 15.0 Å². The van der Waals surface area contributed by atoms with Crippen LogP contribution in [-0.2, 0) is 12.8 Å². The highest BCUT2D eigenvalue weighted by Gasteiger charge is 2.06. The number of nitrogens with zero attached hydrogens (tertiary/aromatic N) is 2. The van der Waals surface area contributed by atoms with Crippen LogP contribution in [0.3, 0.4) is 0 Å². The Morgan fingerprint density at radius 3 is 2.46 bits per heavy atom. The van der Waals surface area contributed by atoms with E-state index in [4.69, 9.17) is 5.73 Å². The van der Waals surface area contributed by atoms with E-state index in [0.29, 0.717) is 0 Å². The largest absolute Gasteiger partial charge is 0.399 e. The Kier molecular flexibility index (Phi) is 3.71. The average molecular weight is 314 g/mol. The number of H-pyrrole nitrogens is 1. The van der Waals surface area contributed by atoms with Gasteiger partial charge in [0.15, 0.2) is 5.65 Å². The molecule has 0 aliphatic rings. The van der Waals surface area contributed by atoms with Crippen molar-refractivity contribution in [2.24, 2.45) is 0 Å². The van der Waals surface area contributed by atoms with E-state index in [0.717, 1.165) is 46.6 Å². The first-order valence-electron chi connectivity index (χ1n) is 8.02. The van der Waals surface area contributed by atoms with Gasteiger partial charge in [0.2, 0.25) is 0 Å². The van der Waals surface area contributed by atoms with Crippen molar-refractivity contribution in [1.29, 1.82) is 0 Å². The first-order chi connectivity index (χ1) is 11.8. The molecule has 2 aromatic heterocycles. The van der Waals surface area contributed by atoms with E-state index >= 15 is 0 Å². The molecule has 3 N–H and O–H groups in total. The normalized spacial score (nSPS) is 11.0. The lowest BCUT2D eigenvalue weighted by atomic mass is 10.1. The summed E-state index contributed by atoms with van der Waals surface area (Å²) >= 11 is 0. The van der Waals surface area contributed by atoms with E-state index in [1.54, 1.807) is 0 Å². The van der Waals surface area contributed by atoms with Gasteiger partial charge in [-0.15, -0.1) is 0 Å². The van der Waals surface area contributed by atoms with Crippen molar-refractivity contribution in [1.82, 2.24) is 15.0 Å². The average Bonchev–Trinajstić information content (AvgIpc) is 3.04. The number of fused-ring (bicyclic) bond motifs is 1. The van der Waals surface area contributed by atoms with Crippen molar-refractivity contribution in [2.75, 3.05) is 5.73 Å². The molecule has 2 aromatic carbocycles. The number of hydrogen-bond donors (Lipinski definition) is 2. The van der Waals surface area contributed by atoms with Gasteiger partial charge in [0.25, 0.3) is 0 Å². The third-order valence-electron chi connectivity index (χ3n) is 4.12. The predicted octanol–water partition coefficient (Wildman–Crippen LogP) is 3.99. The maximum Gasteiger partial charge on any atom is 0.177 e. The molecule has 0 saturated carbocycles. The molecule has 4 aromatic rings. The van der Waals surface area contributed by atoms with Crippen molar-refractivity contribution >= 4 is 16.9 Å². The fourth-order valence-corrected chi connectivity index (χ4v) is 2.80. The Labute approximate surface area is 140 Å². The number of aromatic amines is 1. The first kappa shape index (κ1) is 14.5. The van der Waals surface area contributed by atoms with Gasteiger partial charge in [-0.25, -0.2) is 9.97 Å². The Hall–Kier alpha value is -3.14. The number of nitrogens with two attached hydrogens (primary N) is 1. The van der Waals surface area contributed by atoms with E-state index in [9.17, 15) is 0 Å². The third kappa shape index (κ3) is 2.99. The van der Waals surface area contributed by atoms with E-state index in [-0.39, 0.29) is 0 Å². The Bertz CT molecular complexity index is 956. The van der Waals surface area contributed by atoms with Gasteiger partial charge in [0, 0.05) is 23.9 Å². The summed E-state index contributed by atoms with van der Waals surface area (Å²) < 4.78 is 0. The predicted molar refractivity (Wildman–Crippen MR) is 97.6 cm³/mol. The monoisotopic (exact) mass is 314 g/mol. The first-order valence-corrected chi connectivity index (χ1v) is 8.02. The zero-order valence-electron chi connectivity index (χ0n) is 13.2. The number of benzene rings is 2. The summed E-state index contributed by atoms with van der Waals surface area (Å²) in [6, 6.07) is 20.3. The molecule has 24 heavy (non-hydrogen) atoms. The molecule has 0 radical (unpaired) electrons. The second-order valence-electron chi connectivity index (χ2n) is 5.89. The number of hydrogen-bond acceptors (Lipinski definition) is 3. The topological polar surface area (TPSA) is 67.6 Å². The molecule has 0 fully saturated rings. The Balaban J connectivity index is 1.56.